The zero-order valence-electron chi connectivity index (χ0n) is 9.21. The van der Waals surface area contributed by atoms with Crippen LogP contribution in [-0.2, 0) is 0 Å². The van der Waals surface area contributed by atoms with Gasteiger partial charge in [-0.25, -0.2) is 0 Å². The lowest BCUT2D eigenvalue weighted by molar-refractivity contribution is 0.100. The Hall–Kier alpha value is -2.42. The van der Waals surface area contributed by atoms with Crippen molar-refractivity contribution >= 4 is 18.1 Å². The van der Waals surface area contributed by atoms with E-state index in [2.05, 4.69) is 4.98 Å². The topological polar surface area (TPSA) is 56.0 Å². The van der Waals surface area contributed by atoms with E-state index in [-0.39, 0.29) is 0 Å². The van der Waals surface area contributed by atoms with Crippen molar-refractivity contribution in [3.8, 4) is 0 Å². The molecule has 0 saturated heterocycles. The maximum absolute atomic E-state index is 11.0. The highest BCUT2D eigenvalue weighted by Crippen LogP contribution is 2.08. The first-order chi connectivity index (χ1) is 8.25. The summed E-state index contributed by atoms with van der Waals surface area (Å²) in [5, 5.41) is 0. The fourth-order valence-corrected chi connectivity index (χ4v) is 1.45. The van der Waals surface area contributed by atoms with Gasteiger partial charge in [-0.05, 0) is 35.9 Å². The summed E-state index contributed by atoms with van der Waals surface area (Å²) >= 11 is 0. The van der Waals surface area contributed by atoms with Crippen LogP contribution < -0.4 is 5.73 Å². The molecular formula is C14H12N2O. The number of nitrogens with zero attached hydrogens (tertiary/aromatic N) is 1. The van der Waals surface area contributed by atoms with E-state index in [1.807, 2.05) is 36.4 Å². The Labute approximate surface area is 99.6 Å². The molecule has 0 spiro atoms. The lowest BCUT2D eigenvalue weighted by Gasteiger charge is -1.97. The van der Waals surface area contributed by atoms with Gasteiger partial charge in [0.05, 0.1) is 5.69 Å². The van der Waals surface area contributed by atoms with E-state index in [1.165, 1.54) is 0 Å². The maximum Gasteiger partial charge on any atom is 0.248 e. The SMILES string of the molecule is NC(=O)c1cccc(C=Cc2ccccn2)c1. The van der Waals surface area contributed by atoms with Crippen LogP contribution in [0.1, 0.15) is 21.6 Å². The highest BCUT2D eigenvalue weighted by Gasteiger charge is 1.98. The first-order valence-electron chi connectivity index (χ1n) is 5.25. The van der Waals surface area contributed by atoms with Crippen LogP contribution in [0.25, 0.3) is 12.2 Å². The molecule has 1 amide bonds. The van der Waals surface area contributed by atoms with Crippen LogP contribution in [0.2, 0.25) is 0 Å². The standard InChI is InChI=1S/C14H12N2O/c15-14(17)12-5-3-4-11(10-12)7-8-13-6-1-2-9-16-13/h1-10H,(H2,15,17). The third-order valence-corrected chi connectivity index (χ3v) is 2.31. The number of hydrogen-bond donors (Lipinski definition) is 1. The Morgan fingerprint density at radius 3 is 2.71 bits per heavy atom. The number of benzene rings is 1. The average molecular weight is 224 g/mol. The molecule has 1 aromatic carbocycles. The number of amides is 1. The van der Waals surface area contributed by atoms with Crippen LogP contribution in [0, 0.1) is 0 Å². The van der Waals surface area contributed by atoms with Crippen LogP contribution in [-0.4, -0.2) is 10.9 Å². The van der Waals surface area contributed by atoms with Gasteiger partial charge in [0, 0.05) is 11.8 Å². The van der Waals surface area contributed by atoms with Crippen LogP contribution in [0.5, 0.6) is 0 Å². The first kappa shape index (κ1) is 11.1. The fraction of sp³-hybridized carbons (Fsp3) is 0. The number of carbonyl (C=O) groups is 1. The molecule has 1 aromatic heterocycles. The van der Waals surface area contributed by atoms with Crippen LogP contribution >= 0.6 is 0 Å². The van der Waals surface area contributed by atoms with E-state index in [4.69, 9.17) is 5.73 Å². The number of carbonyl (C=O) groups excluding carboxylic acids is 1. The molecule has 0 unspecified atom stereocenters. The monoisotopic (exact) mass is 224 g/mol. The summed E-state index contributed by atoms with van der Waals surface area (Å²) in [6, 6.07) is 12.9. The molecule has 0 bridgehead atoms. The van der Waals surface area contributed by atoms with Gasteiger partial charge in [0.1, 0.15) is 0 Å². The van der Waals surface area contributed by atoms with Crippen molar-refractivity contribution in [2.24, 2.45) is 5.73 Å². The minimum absolute atomic E-state index is 0.418. The molecule has 3 nitrogen and oxygen atoms in total. The van der Waals surface area contributed by atoms with Gasteiger partial charge in [-0.1, -0.05) is 24.3 Å². The molecule has 2 aromatic rings. The first-order valence-corrected chi connectivity index (χ1v) is 5.25. The van der Waals surface area contributed by atoms with Gasteiger partial charge >= 0.3 is 0 Å². The highest BCUT2D eigenvalue weighted by molar-refractivity contribution is 5.93. The third kappa shape index (κ3) is 3.01. The Kier molecular flexibility index (Phi) is 3.31. The summed E-state index contributed by atoms with van der Waals surface area (Å²) in [4.78, 5) is 15.2. The minimum atomic E-state index is -0.418. The number of hydrogen-bond acceptors (Lipinski definition) is 2. The predicted molar refractivity (Wildman–Crippen MR) is 68.1 cm³/mol. The van der Waals surface area contributed by atoms with Crippen LogP contribution in [0.3, 0.4) is 0 Å². The largest absolute Gasteiger partial charge is 0.366 e. The van der Waals surface area contributed by atoms with Gasteiger partial charge in [-0.2, -0.15) is 0 Å². The molecule has 1 heterocycles. The van der Waals surface area contributed by atoms with Crippen molar-refractivity contribution in [1.29, 1.82) is 0 Å². The molecule has 0 aliphatic heterocycles. The molecule has 0 atom stereocenters. The van der Waals surface area contributed by atoms with Gasteiger partial charge in [0.25, 0.3) is 0 Å². The van der Waals surface area contributed by atoms with E-state index >= 15 is 0 Å². The van der Waals surface area contributed by atoms with Gasteiger partial charge in [0.15, 0.2) is 0 Å². The molecule has 2 N–H and O–H groups in total. The van der Waals surface area contributed by atoms with E-state index in [0.717, 1.165) is 11.3 Å². The predicted octanol–water partition coefficient (Wildman–Crippen LogP) is 2.35. The van der Waals surface area contributed by atoms with Gasteiger partial charge < -0.3 is 5.73 Å². The molecule has 17 heavy (non-hydrogen) atoms. The van der Waals surface area contributed by atoms with Crippen LogP contribution in [0.4, 0.5) is 0 Å². The van der Waals surface area contributed by atoms with E-state index in [0.29, 0.717) is 5.56 Å². The summed E-state index contributed by atoms with van der Waals surface area (Å²) < 4.78 is 0. The Balaban J connectivity index is 2.22. The Morgan fingerprint density at radius 1 is 1.12 bits per heavy atom. The summed E-state index contributed by atoms with van der Waals surface area (Å²) in [5.41, 5.74) is 7.52. The summed E-state index contributed by atoms with van der Waals surface area (Å²) in [7, 11) is 0. The zero-order valence-corrected chi connectivity index (χ0v) is 9.21. The van der Waals surface area contributed by atoms with Gasteiger partial charge in [0.2, 0.25) is 5.91 Å². The van der Waals surface area contributed by atoms with E-state index in [1.54, 1.807) is 24.4 Å². The molecule has 0 aliphatic carbocycles. The summed E-state index contributed by atoms with van der Waals surface area (Å²) in [5.74, 6) is -0.418. The normalized spacial score (nSPS) is 10.6. The number of pyridine rings is 1. The van der Waals surface area contributed by atoms with Crippen molar-refractivity contribution in [1.82, 2.24) is 4.98 Å². The molecular weight excluding hydrogens is 212 g/mol. The number of aromatic nitrogens is 1. The van der Waals surface area contributed by atoms with E-state index < -0.39 is 5.91 Å². The van der Waals surface area contributed by atoms with Crippen LogP contribution in [0.15, 0.2) is 48.7 Å². The quantitative estimate of drug-likeness (QED) is 0.870. The molecule has 0 aliphatic rings. The smallest absolute Gasteiger partial charge is 0.248 e. The summed E-state index contributed by atoms with van der Waals surface area (Å²) in [6.07, 6.45) is 5.52. The third-order valence-electron chi connectivity index (χ3n) is 2.31. The minimum Gasteiger partial charge on any atom is -0.366 e. The van der Waals surface area contributed by atoms with Gasteiger partial charge in [-0.3, -0.25) is 9.78 Å². The second-order valence-electron chi connectivity index (χ2n) is 3.58. The Bertz CT molecular complexity index is 547. The molecule has 3 heteroatoms. The van der Waals surface area contributed by atoms with Crippen molar-refractivity contribution in [3.05, 3.63) is 65.5 Å². The average Bonchev–Trinajstić information content (AvgIpc) is 2.38. The zero-order chi connectivity index (χ0) is 12.1. The summed E-state index contributed by atoms with van der Waals surface area (Å²) in [6.45, 7) is 0. The van der Waals surface area contributed by atoms with Crippen molar-refractivity contribution in [3.63, 3.8) is 0 Å². The van der Waals surface area contributed by atoms with Crippen molar-refractivity contribution < 1.29 is 4.79 Å². The van der Waals surface area contributed by atoms with Crippen molar-refractivity contribution in [2.75, 3.05) is 0 Å². The number of nitrogens with two attached hydrogens (primary N) is 1. The lowest BCUT2D eigenvalue weighted by Crippen LogP contribution is -2.10. The Morgan fingerprint density at radius 2 is 2.00 bits per heavy atom. The highest BCUT2D eigenvalue weighted by atomic mass is 16.1. The number of primary amides is 1. The lowest BCUT2D eigenvalue weighted by atomic mass is 10.1. The second kappa shape index (κ2) is 5.07. The van der Waals surface area contributed by atoms with E-state index in [9.17, 15) is 4.79 Å². The number of rotatable bonds is 3. The molecule has 2 rings (SSSR count). The molecule has 0 radical (unpaired) electrons. The molecule has 0 saturated carbocycles. The second-order valence-corrected chi connectivity index (χ2v) is 3.58. The fourth-order valence-electron chi connectivity index (χ4n) is 1.45. The molecule has 84 valence electrons. The van der Waals surface area contributed by atoms with Crippen molar-refractivity contribution in [2.45, 2.75) is 0 Å². The maximum atomic E-state index is 11.0. The van der Waals surface area contributed by atoms with Gasteiger partial charge in [-0.15, -0.1) is 0 Å². The molecule has 0 fully saturated rings.